The minimum absolute atomic E-state index is 0.490. The van der Waals surface area contributed by atoms with E-state index in [1.54, 1.807) is 0 Å². The van der Waals surface area contributed by atoms with E-state index < -0.39 is 0 Å². The smallest absolute Gasteiger partial charge is 0.194 e. The molecule has 1 fully saturated rings. The fraction of sp³-hybridized carbons (Fsp3) is 0.571. The van der Waals surface area contributed by atoms with Gasteiger partial charge in [-0.15, -0.1) is 10.2 Å². The molecule has 0 amide bonds. The molecular weight excluding hydrogens is 350 g/mol. The van der Waals surface area contributed by atoms with Gasteiger partial charge in [-0.05, 0) is 25.8 Å². The first-order valence-electron chi connectivity index (χ1n) is 10.3. The lowest BCUT2D eigenvalue weighted by molar-refractivity contribution is 0.127. The first-order valence-corrected chi connectivity index (χ1v) is 10.3. The van der Waals surface area contributed by atoms with Crippen molar-refractivity contribution >= 4 is 5.96 Å². The van der Waals surface area contributed by atoms with E-state index in [0.29, 0.717) is 12.6 Å². The van der Waals surface area contributed by atoms with Gasteiger partial charge in [0.2, 0.25) is 0 Å². The van der Waals surface area contributed by atoms with E-state index in [-0.39, 0.29) is 0 Å². The Labute approximate surface area is 168 Å². The summed E-state index contributed by atoms with van der Waals surface area (Å²) in [7, 11) is 1.99. The van der Waals surface area contributed by atoms with Crippen molar-refractivity contribution in [2.45, 2.75) is 39.8 Å². The summed E-state index contributed by atoms with van der Waals surface area (Å²) >= 11 is 0. The molecule has 1 aromatic heterocycles. The van der Waals surface area contributed by atoms with Crippen molar-refractivity contribution in [3.05, 3.63) is 47.5 Å². The van der Waals surface area contributed by atoms with Gasteiger partial charge in [-0.25, -0.2) is 4.99 Å². The Hall–Kier alpha value is -2.41. The summed E-state index contributed by atoms with van der Waals surface area (Å²) in [5.74, 6) is 2.77. The predicted octanol–water partition coefficient (Wildman–Crippen LogP) is 2.36. The summed E-state index contributed by atoms with van der Waals surface area (Å²) in [6.07, 6.45) is 1.13. The zero-order chi connectivity index (χ0) is 19.9. The number of aliphatic imine (C=N–C) groups is 1. The largest absolute Gasteiger partial charge is 0.357 e. The van der Waals surface area contributed by atoms with Crippen LogP contribution in [-0.4, -0.2) is 63.2 Å². The molecule has 3 rings (SSSR count). The summed E-state index contributed by atoms with van der Waals surface area (Å²) in [6.45, 7) is 11.8. The molecule has 7 nitrogen and oxygen atoms in total. The molecule has 152 valence electrons. The lowest BCUT2D eigenvalue weighted by atomic mass is 10.0. The van der Waals surface area contributed by atoms with Gasteiger partial charge in [0.15, 0.2) is 11.8 Å². The number of nitrogens with one attached hydrogen (secondary N) is 1. The Kier molecular flexibility index (Phi) is 7.03. The van der Waals surface area contributed by atoms with Gasteiger partial charge in [-0.3, -0.25) is 4.90 Å². The zero-order valence-electron chi connectivity index (χ0n) is 17.6. The number of nitrogens with zero attached hydrogens (tertiary/aromatic N) is 6. The average molecular weight is 384 g/mol. The molecule has 1 aromatic carbocycles. The SMILES string of the molecule is CCNC(=NCc1nnc(C)n1C)N1CCN(C(CC)c2ccccc2)CC1. The van der Waals surface area contributed by atoms with Gasteiger partial charge in [-0.1, -0.05) is 37.3 Å². The van der Waals surface area contributed by atoms with Crippen LogP contribution in [0.25, 0.3) is 0 Å². The van der Waals surface area contributed by atoms with E-state index in [1.807, 2.05) is 18.5 Å². The van der Waals surface area contributed by atoms with E-state index in [2.05, 4.69) is 69.5 Å². The summed E-state index contributed by atoms with van der Waals surface area (Å²) in [5.41, 5.74) is 1.41. The van der Waals surface area contributed by atoms with Crippen LogP contribution >= 0.6 is 0 Å². The number of hydrogen-bond donors (Lipinski definition) is 1. The molecule has 1 atom stereocenters. The third-order valence-corrected chi connectivity index (χ3v) is 5.51. The minimum Gasteiger partial charge on any atom is -0.357 e. The molecule has 7 heteroatoms. The number of aryl methyl sites for hydroxylation is 1. The lowest BCUT2D eigenvalue weighted by Gasteiger charge is -2.40. The number of aromatic nitrogens is 3. The van der Waals surface area contributed by atoms with Gasteiger partial charge in [0.05, 0.1) is 0 Å². The second kappa shape index (κ2) is 9.68. The minimum atomic E-state index is 0.490. The van der Waals surface area contributed by atoms with Crippen LogP contribution in [0.5, 0.6) is 0 Å². The monoisotopic (exact) mass is 383 g/mol. The normalized spacial score (nSPS) is 17.0. The fourth-order valence-corrected chi connectivity index (χ4v) is 3.79. The Balaban J connectivity index is 1.63. The van der Waals surface area contributed by atoms with Gasteiger partial charge in [0.1, 0.15) is 12.4 Å². The van der Waals surface area contributed by atoms with E-state index in [0.717, 1.165) is 56.8 Å². The van der Waals surface area contributed by atoms with Crippen LogP contribution < -0.4 is 5.32 Å². The van der Waals surface area contributed by atoms with E-state index >= 15 is 0 Å². The molecule has 2 aromatic rings. The van der Waals surface area contributed by atoms with Crippen molar-refractivity contribution in [3.8, 4) is 0 Å². The molecule has 0 bridgehead atoms. The van der Waals surface area contributed by atoms with Crippen LogP contribution in [0.2, 0.25) is 0 Å². The molecule has 1 unspecified atom stereocenters. The van der Waals surface area contributed by atoms with E-state index in [9.17, 15) is 0 Å². The van der Waals surface area contributed by atoms with Gasteiger partial charge < -0.3 is 14.8 Å². The number of guanidine groups is 1. The maximum Gasteiger partial charge on any atom is 0.194 e. The molecule has 1 aliphatic heterocycles. The molecular formula is C21H33N7. The van der Waals surface area contributed by atoms with Crippen LogP contribution in [0.1, 0.15) is 43.5 Å². The third-order valence-electron chi connectivity index (χ3n) is 5.51. The topological polar surface area (TPSA) is 61.6 Å². The van der Waals surface area contributed by atoms with Crippen molar-refractivity contribution < 1.29 is 0 Å². The van der Waals surface area contributed by atoms with Crippen LogP contribution in [0.4, 0.5) is 0 Å². The van der Waals surface area contributed by atoms with Crippen LogP contribution in [0, 0.1) is 6.92 Å². The number of piperazine rings is 1. The number of benzene rings is 1. The molecule has 2 heterocycles. The van der Waals surface area contributed by atoms with E-state index in [4.69, 9.17) is 4.99 Å². The predicted molar refractivity (Wildman–Crippen MR) is 113 cm³/mol. The molecule has 0 spiro atoms. The highest BCUT2D eigenvalue weighted by Crippen LogP contribution is 2.25. The third kappa shape index (κ3) is 4.70. The molecule has 0 aliphatic carbocycles. The highest BCUT2D eigenvalue weighted by molar-refractivity contribution is 5.80. The lowest BCUT2D eigenvalue weighted by Crippen LogP contribution is -2.53. The summed E-state index contributed by atoms with van der Waals surface area (Å²) in [4.78, 5) is 9.78. The first-order chi connectivity index (χ1) is 13.6. The second-order valence-electron chi connectivity index (χ2n) is 7.25. The highest BCUT2D eigenvalue weighted by Gasteiger charge is 2.25. The van der Waals surface area contributed by atoms with Gasteiger partial charge in [0, 0.05) is 45.8 Å². The molecule has 0 saturated carbocycles. The number of hydrogen-bond acceptors (Lipinski definition) is 4. The Morgan fingerprint density at radius 1 is 1.11 bits per heavy atom. The quantitative estimate of drug-likeness (QED) is 0.613. The maximum absolute atomic E-state index is 4.82. The summed E-state index contributed by atoms with van der Waals surface area (Å²) < 4.78 is 2.00. The molecule has 0 radical (unpaired) electrons. The van der Waals surface area contributed by atoms with Crippen molar-refractivity contribution in [1.82, 2.24) is 29.9 Å². The van der Waals surface area contributed by atoms with Gasteiger partial charge >= 0.3 is 0 Å². The van der Waals surface area contributed by atoms with Gasteiger partial charge in [-0.2, -0.15) is 0 Å². The van der Waals surface area contributed by atoms with Crippen molar-refractivity contribution in [1.29, 1.82) is 0 Å². The number of rotatable bonds is 6. The summed E-state index contributed by atoms with van der Waals surface area (Å²) in [6, 6.07) is 11.3. The second-order valence-corrected chi connectivity index (χ2v) is 7.25. The fourth-order valence-electron chi connectivity index (χ4n) is 3.79. The molecule has 1 saturated heterocycles. The van der Waals surface area contributed by atoms with Gasteiger partial charge in [0.25, 0.3) is 0 Å². The Morgan fingerprint density at radius 2 is 1.82 bits per heavy atom. The molecule has 1 N–H and O–H groups in total. The summed E-state index contributed by atoms with van der Waals surface area (Å²) in [5, 5.41) is 11.8. The molecule has 1 aliphatic rings. The first kappa shape index (κ1) is 20.3. The van der Waals surface area contributed by atoms with Crippen LogP contribution in [0.15, 0.2) is 35.3 Å². The molecule has 28 heavy (non-hydrogen) atoms. The van der Waals surface area contributed by atoms with Crippen molar-refractivity contribution in [2.24, 2.45) is 12.0 Å². The van der Waals surface area contributed by atoms with Crippen molar-refractivity contribution in [2.75, 3.05) is 32.7 Å². The van der Waals surface area contributed by atoms with Crippen molar-refractivity contribution in [3.63, 3.8) is 0 Å². The highest BCUT2D eigenvalue weighted by atomic mass is 15.4. The Morgan fingerprint density at radius 3 is 2.39 bits per heavy atom. The van der Waals surface area contributed by atoms with Crippen LogP contribution in [-0.2, 0) is 13.6 Å². The average Bonchev–Trinajstić information content (AvgIpc) is 3.05. The zero-order valence-corrected chi connectivity index (χ0v) is 17.6. The van der Waals surface area contributed by atoms with E-state index in [1.165, 1.54) is 5.56 Å². The Bertz CT molecular complexity index is 760. The standard InChI is InChI=1S/C21H33N7/c1-5-19(18-10-8-7-9-11-18)27-12-14-28(15-13-27)21(22-6-2)23-16-20-25-24-17(3)26(20)4/h7-11,19H,5-6,12-16H2,1-4H3,(H,22,23). The maximum atomic E-state index is 4.82. The van der Waals surface area contributed by atoms with Crippen LogP contribution in [0.3, 0.4) is 0 Å².